The van der Waals surface area contributed by atoms with Crippen molar-refractivity contribution in [1.29, 1.82) is 0 Å². The largest absolute Gasteiger partial charge is 0.493 e. The minimum absolute atomic E-state index is 0.183. The first kappa shape index (κ1) is 18.5. The number of rotatable bonds is 8. The summed E-state index contributed by atoms with van der Waals surface area (Å²) in [5, 5.41) is 11.1. The van der Waals surface area contributed by atoms with Gasteiger partial charge in [-0.05, 0) is 36.8 Å². The number of nitrogens with zero attached hydrogens (tertiary/aromatic N) is 3. The fraction of sp³-hybridized carbons (Fsp3) is 0.190. The Hall–Kier alpha value is -3.81. The zero-order chi connectivity index (χ0) is 20.1. The van der Waals surface area contributed by atoms with Crippen LogP contribution in [0.25, 0.3) is 5.65 Å². The molecule has 0 aliphatic heterocycles. The average molecular weight is 392 g/mol. The SMILES string of the molecule is COc1ccccc1Oc1ccc(C(=O)NCCCc2nnc3ccccn23)o1. The van der Waals surface area contributed by atoms with Gasteiger partial charge in [-0.2, -0.15) is 0 Å². The average Bonchev–Trinajstić information content (AvgIpc) is 3.39. The van der Waals surface area contributed by atoms with Crippen LogP contribution < -0.4 is 14.8 Å². The first-order valence-electron chi connectivity index (χ1n) is 9.22. The minimum atomic E-state index is -0.300. The summed E-state index contributed by atoms with van der Waals surface area (Å²) in [7, 11) is 1.56. The highest BCUT2D eigenvalue weighted by molar-refractivity contribution is 5.91. The molecule has 4 aromatic rings. The number of aryl methyl sites for hydroxylation is 1. The molecule has 0 bridgehead atoms. The summed E-state index contributed by atoms with van der Waals surface area (Å²) in [6.45, 7) is 0.490. The van der Waals surface area contributed by atoms with Crippen molar-refractivity contribution in [3.8, 4) is 17.4 Å². The van der Waals surface area contributed by atoms with Gasteiger partial charge in [-0.3, -0.25) is 9.20 Å². The minimum Gasteiger partial charge on any atom is -0.493 e. The third kappa shape index (κ3) is 4.21. The van der Waals surface area contributed by atoms with Crippen molar-refractivity contribution in [2.24, 2.45) is 0 Å². The summed E-state index contributed by atoms with van der Waals surface area (Å²) in [5.74, 6) is 2.05. The van der Waals surface area contributed by atoms with Gasteiger partial charge >= 0.3 is 0 Å². The van der Waals surface area contributed by atoms with Gasteiger partial charge < -0.3 is 19.2 Å². The van der Waals surface area contributed by atoms with E-state index < -0.39 is 0 Å². The lowest BCUT2D eigenvalue weighted by molar-refractivity contribution is 0.0920. The number of furan rings is 1. The van der Waals surface area contributed by atoms with Gasteiger partial charge in [-0.1, -0.05) is 18.2 Å². The Morgan fingerprint density at radius 3 is 2.76 bits per heavy atom. The number of aromatic nitrogens is 3. The van der Waals surface area contributed by atoms with Gasteiger partial charge in [0.05, 0.1) is 7.11 Å². The molecule has 0 radical (unpaired) electrons. The molecule has 1 amide bonds. The van der Waals surface area contributed by atoms with Crippen LogP contribution in [0.2, 0.25) is 0 Å². The fourth-order valence-electron chi connectivity index (χ4n) is 2.91. The zero-order valence-electron chi connectivity index (χ0n) is 15.9. The van der Waals surface area contributed by atoms with E-state index in [1.54, 1.807) is 31.4 Å². The third-order valence-electron chi connectivity index (χ3n) is 4.33. The molecule has 0 fully saturated rings. The Labute approximate surface area is 167 Å². The number of nitrogens with one attached hydrogen (secondary N) is 1. The molecule has 3 heterocycles. The highest BCUT2D eigenvalue weighted by atomic mass is 16.6. The van der Waals surface area contributed by atoms with Crippen LogP contribution in [0.5, 0.6) is 17.4 Å². The van der Waals surface area contributed by atoms with Gasteiger partial charge in [0, 0.05) is 25.2 Å². The Morgan fingerprint density at radius 2 is 1.90 bits per heavy atom. The van der Waals surface area contributed by atoms with Gasteiger partial charge in [0.15, 0.2) is 22.9 Å². The van der Waals surface area contributed by atoms with Crippen molar-refractivity contribution in [1.82, 2.24) is 19.9 Å². The predicted octanol–water partition coefficient (Wildman–Crippen LogP) is 3.49. The van der Waals surface area contributed by atoms with Crippen LogP contribution in [-0.2, 0) is 6.42 Å². The van der Waals surface area contributed by atoms with Crippen molar-refractivity contribution in [2.45, 2.75) is 12.8 Å². The van der Waals surface area contributed by atoms with E-state index >= 15 is 0 Å². The van der Waals surface area contributed by atoms with E-state index in [2.05, 4.69) is 15.5 Å². The molecule has 4 rings (SSSR count). The van der Waals surface area contributed by atoms with E-state index in [-0.39, 0.29) is 17.6 Å². The maximum Gasteiger partial charge on any atom is 0.290 e. The van der Waals surface area contributed by atoms with Crippen molar-refractivity contribution in [2.75, 3.05) is 13.7 Å². The van der Waals surface area contributed by atoms with Crippen molar-refractivity contribution in [3.63, 3.8) is 0 Å². The van der Waals surface area contributed by atoms with E-state index in [4.69, 9.17) is 13.9 Å². The number of pyridine rings is 1. The first-order valence-corrected chi connectivity index (χ1v) is 9.22. The second-order valence-corrected chi connectivity index (χ2v) is 6.28. The van der Waals surface area contributed by atoms with E-state index in [0.29, 0.717) is 24.5 Å². The number of hydrogen-bond acceptors (Lipinski definition) is 6. The fourth-order valence-corrected chi connectivity index (χ4v) is 2.91. The summed E-state index contributed by atoms with van der Waals surface area (Å²) < 4.78 is 18.3. The van der Waals surface area contributed by atoms with Crippen molar-refractivity contribution >= 4 is 11.6 Å². The first-order chi connectivity index (χ1) is 14.2. The van der Waals surface area contributed by atoms with E-state index in [9.17, 15) is 4.79 Å². The van der Waals surface area contributed by atoms with Crippen molar-refractivity contribution in [3.05, 3.63) is 72.4 Å². The molecule has 148 valence electrons. The maximum atomic E-state index is 12.3. The monoisotopic (exact) mass is 392 g/mol. The second-order valence-electron chi connectivity index (χ2n) is 6.28. The molecule has 8 heteroatoms. The lowest BCUT2D eigenvalue weighted by Gasteiger charge is -2.07. The topological polar surface area (TPSA) is 90.9 Å². The Balaban J connectivity index is 1.29. The standard InChI is InChI=1S/C21H20N4O4/c1-27-15-7-2-3-8-16(15)28-20-12-11-17(29-20)21(26)22-13-6-10-19-24-23-18-9-4-5-14-25(18)19/h2-5,7-9,11-12,14H,6,10,13H2,1H3,(H,22,26). The molecule has 0 atom stereocenters. The third-order valence-corrected chi connectivity index (χ3v) is 4.33. The number of hydrogen-bond donors (Lipinski definition) is 1. The predicted molar refractivity (Wildman–Crippen MR) is 105 cm³/mol. The number of para-hydroxylation sites is 2. The number of methoxy groups -OCH3 is 1. The van der Waals surface area contributed by atoms with Crippen LogP contribution in [0, 0.1) is 0 Å². The Bertz CT molecular complexity index is 1120. The summed E-state index contributed by atoms with van der Waals surface area (Å²) in [6.07, 6.45) is 3.36. The normalized spacial score (nSPS) is 10.8. The summed E-state index contributed by atoms with van der Waals surface area (Å²) in [6, 6.07) is 16.1. The molecule has 0 aliphatic rings. The quantitative estimate of drug-likeness (QED) is 0.462. The highest BCUT2D eigenvalue weighted by Gasteiger charge is 2.13. The molecule has 8 nitrogen and oxygen atoms in total. The van der Waals surface area contributed by atoms with Crippen LogP contribution in [0.15, 0.2) is 65.2 Å². The molecule has 1 N–H and O–H groups in total. The second kappa shape index (κ2) is 8.47. The molecule has 0 saturated carbocycles. The molecule has 0 aliphatic carbocycles. The van der Waals surface area contributed by atoms with Crippen molar-refractivity contribution < 1.29 is 18.7 Å². The molecular weight excluding hydrogens is 372 g/mol. The molecular formula is C21H20N4O4. The zero-order valence-corrected chi connectivity index (χ0v) is 15.9. The van der Waals surface area contributed by atoms with E-state index in [1.807, 2.05) is 40.9 Å². The van der Waals surface area contributed by atoms with Gasteiger partial charge in [0.2, 0.25) is 0 Å². The van der Waals surface area contributed by atoms with E-state index in [0.717, 1.165) is 17.9 Å². The van der Waals surface area contributed by atoms with Crippen LogP contribution in [0.1, 0.15) is 22.8 Å². The summed E-state index contributed by atoms with van der Waals surface area (Å²) in [5.41, 5.74) is 0.810. The number of ether oxygens (including phenoxy) is 2. The number of carbonyl (C=O) groups is 1. The number of amides is 1. The number of carbonyl (C=O) groups excluding carboxylic acids is 1. The smallest absolute Gasteiger partial charge is 0.290 e. The lowest BCUT2D eigenvalue weighted by Crippen LogP contribution is -2.24. The van der Waals surface area contributed by atoms with Crippen LogP contribution in [0.3, 0.4) is 0 Å². The maximum absolute atomic E-state index is 12.3. The highest BCUT2D eigenvalue weighted by Crippen LogP contribution is 2.31. The molecule has 1 aromatic carbocycles. The molecule has 3 aromatic heterocycles. The van der Waals surface area contributed by atoms with E-state index in [1.165, 1.54) is 0 Å². The summed E-state index contributed by atoms with van der Waals surface area (Å²) in [4.78, 5) is 12.3. The lowest BCUT2D eigenvalue weighted by atomic mass is 10.3. The van der Waals surface area contributed by atoms with Gasteiger partial charge in [-0.25, -0.2) is 0 Å². The molecule has 29 heavy (non-hydrogen) atoms. The van der Waals surface area contributed by atoms with Gasteiger partial charge in [0.1, 0.15) is 5.82 Å². The molecule has 0 saturated heterocycles. The Kier molecular flexibility index (Phi) is 5.42. The van der Waals surface area contributed by atoms with Gasteiger partial charge in [-0.15, -0.1) is 10.2 Å². The number of benzene rings is 1. The number of fused-ring (bicyclic) bond motifs is 1. The van der Waals surface area contributed by atoms with Crippen LogP contribution >= 0.6 is 0 Å². The summed E-state index contributed by atoms with van der Waals surface area (Å²) >= 11 is 0. The molecule has 0 unspecified atom stereocenters. The van der Waals surface area contributed by atoms with Crippen LogP contribution in [-0.4, -0.2) is 34.2 Å². The Morgan fingerprint density at radius 1 is 1.07 bits per heavy atom. The van der Waals surface area contributed by atoms with Crippen LogP contribution in [0.4, 0.5) is 0 Å². The van der Waals surface area contributed by atoms with Gasteiger partial charge in [0.25, 0.3) is 11.9 Å². The molecule has 0 spiro atoms.